The van der Waals surface area contributed by atoms with Crippen LogP contribution in [0.1, 0.15) is 25.3 Å². The Morgan fingerprint density at radius 3 is 3.00 bits per heavy atom. The molecule has 0 aliphatic rings. The van der Waals surface area contributed by atoms with Gasteiger partial charge in [0.2, 0.25) is 0 Å². The maximum atomic E-state index is 5.63. The van der Waals surface area contributed by atoms with Gasteiger partial charge in [-0.25, -0.2) is 0 Å². The SMILES string of the molecule is CCC(CN)CCNCc1ccsc1. The lowest BCUT2D eigenvalue weighted by Gasteiger charge is -2.11. The number of hydrogen-bond acceptors (Lipinski definition) is 3. The molecule has 0 amide bonds. The molecule has 1 atom stereocenters. The van der Waals surface area contributed by atoms with E-state index in [9.17, 15) is 0 Å². The molecule has 2 nitrogen and oxygen atoms in total. The van der Waals surface area contributed by atoms with Crippen LogP contribution in [0.5, 0.6) is 0 Å². The van der Waals surface area contributed by atoms with E-state index >= 15 is 0 Å². The van der Waals surface area contributed by atoms with Gasteiger partial charge in [0.1, 0.15) is 0 Å². The Morgan fingerprint density at radius 2 is 2.43 bits per heavy atom. The number of hydrogen-bond donors (Lipinski definition) is 2. The van der Waals surface area contributed by atoms with Crippen LogP contribution < -0.4 is 11.1 Å². The lowest BCUT2D eigenvalue weighted by atomic mass is 10.0. The zero-order valence-electron chi connectivity index (χ0n) is 8.83. The Hall–Kier alpha value is -0.380. The van der Waals surface area contributed by atoms with Crippen LogP contribution >= 0.6 is 11.3 Å². The van der Waals surface area contributed by atoms with E-state index in [0.717, 1.165) is 19.6 Å². The second-order valence-electron chi connectivity index (χ2n) is 3.61. The van der Waals surface area contributed by atoms with Crippen LogP contribution in [0.25, 0.3) is 0 Å². The second kappa shape index (κ2) is 6.98. The van der Waals surface area contributed by atoms with Gasteiger partial charge in [0.15, 0.2) is 0 Å². The predicted octanol–water partition coefficient (Wildman–Crippen LogP) is 2.21. The first-order valence-electron chi connectivity index (χ1n) is 5.28. The lowest BCUT2D eigenvalue weighted by Crippen LogP contribution is -2.21. The third-order valence-electron chi connectivity index (χ3n) is 2.55. The van der Waals surface area contributed by atoms with Gasteiger partial charge in [0, 0.05) is 6.54 Å². The summed E-state index contributed by atoms with van der Waals surface area (Å²) in [7, 11) is 0. The van der Waals surface area contributed by atoms with Crippen molar-refractivity contribution in [1.82, 2.24) is 5.32 Å². The van der Waals surface area contributed by atoms with E-state index in [1.165, 1.54) is 18.4 Å². The molecule has 14 heavy (non-hydrogen) atoms. The average Bonchev–Trinajstić information content (AvgIpc) is 2.71. The van der Waals surface area contributed by atoms with Crippen molar-refractivity contribution in [2.45, 2.75) is 26.3 Å². The van der Waals surface area contributed by atoms with Crippen molar-refractivity contribution >= 4 is 11.3 Å². The largest absolute Gasteiger partial charge is 0.330 e. The van der Waals surface area contributed by atoms with Gasteiger partial charge in [-0.3, -0.25) is 0 Å². The van der Waals surface area contributed by atoms with E-state index in [-0.39, 0.29) is 0 Å². The van der Waals surface area contributed by atoms with E-state index < -0.39 is 0 Å². The van der Waals surface area contributed by atoms with Gasteiger partial charge in [0.05, 0.1) is 0 Å². The molecule has 0 saturated carbocycles. The Kier molecular flexibility index (Phi) is 5.83. The predicted molar refractivity (Wildman–Crippen MR) is 63.5 cm³/mol. The molecule has 1 aromatic heterocycles. The van der Waals surface area contributed by atoms with Crippen molar-refractivity contribution < 1.29 is 0 Å². The van der Waals surface area contributed by atoms with Gasteiger partial charge in [-0.05, 0) is 47.8 Å². The fourth-order valence-corrected chi connectivity index (χ4v) is 2.09. The average molecular weight is 212 g/mol. The first-order chi connectivity index (χ1) is 6.86. The maximum Gasteiger partial charge on any atom is 0.0213 e. The molecule has 0 aliphatic heterocycles. The third kappa shape index (κ3) is 4.22. The summed E-state index contributed by atoms with van der Waals surface area (Å²) in [6, 6.07) is 2.16. The van der Waals surface area contributed by atoms with Crippen molar-refractivity contribution in [1.29, 1.82) is 0 Å². The van der Waals surface area contributed by atoms with Gasteiger partial charge in [-0.1, -0.05) is 13.3 Å². The molecule has 0 aliphatic carbocycles. The molecule has 1 unspecified atom stereocenters. The lowest BCUT2D eigenvalue weighted by molar-refractivity contribution is 0.460. The van der Waals surface area contributed by atoms with Crippen LogP contribution in [0, 0.1) is 5.92 Å². The molecule has 1 heterocycles. The molecule has 0 bridgehead atoms. The van der Waals surface area contributed by atoms with Crippen LogP contribution in [-0.4, -0.2) is 13.1 Å². The van der Waals surface area contributed by atoms with Gasteiger partial charge in [-0.15, -0.1) is 0 Å². The molecule has 0 aromatic carbocycles. The van der Waals surface area contributed by atoms with Crippen LogP contribution in [-0.2, 0) is 6.54 Å². The minimum Gasteiger partial charge on any atom is -0.330 e. The summed E-state index contributed by atoms with van der Waals surface area (Å²) < 4.78 is 0. The maximum absolute atomic E-state index is 5.63. The van der Waals surface area contributed by atoms with Crippen molar-refractivity contribution in [3.05, 3.63) is 22.4 Å². The topological polar surface area (TPSA) is 38.0 Å². The van der Waals surface area contributed by atoms with E-state index in [1.54, 1.807) is 11.3 Å². The minimum absolute atomic E-state index is 0.685. The molecular formula is C11H20N2S. The molecule has 0 fully saturated rings. The Bertz CT molecular complexity index is 217. The monoisotopic (exact) mass is 212 g/mol. The standard InChI is InChI=1S/C11H20N2S/c1-2-10(7-12)3-5-13-8-11-4-6-14-9-11/h4,6,9-10,13H,2-3,5,7-8,12H2,1H3. The van der Waals surface area contributed by atoms with E-state index in [4.69, 9.17) is 5.73 Å². The summed E-state index contributed by atoms with van der Waals surface area (Å²) in [6.45, 7) is 5.09. The highest BCUT2D eigenvalue weighted by Crippen LogP contribution is 2.06. The number of nitrogens with one attached hydrogen (secondary N) is 1. The van der Waals surface area contributed by atoms with E-state index in [0.29, 0.717) is 5.92 Å². The first kappa shape index (κ1) is 11.7. The van der Waals surface area contributed by atoms with Gasteiger partial charge < -0.3 is 11.1 Å². The van der Waals surface area contributed by atoms with Crippen LogP contribution in [0.3, 0.4) is 0 Å². The van der Waals surface area contributed by atoms with Crippen molar-refractivity contribution in [3.63, 3.8) is 0 Å². The molecule has 80 valence electrons. The number of rotatable bonds is 7. The van der Waals surface area contributed by atoms with E-state index in [1.807, 2.05) is 0 Å². The Balaban J connectivity index is 2.04. The molecule has 0 saturated heterocycles. The molecule has 0 radical (unpaired) electrons. The molecule has 3 heteroatoms. The van der Waals surface area contributed by atoms with Gasteiger partial charge in [-0.2, -0.15) is 11.3 Å². The fraction of sp³-hybridized carbons (Fsp3) is 0.636. The van der Waals surface area contributed by atoms with Gasteiger partial charge >= 0.3 is 0 Å². The number of thiophene rings is 1. The zero-order valence-corrected chi connectivity index (χ0v) is 9.65. The smallest absolute Gasteiger partial charge is 0.0213 e. The highest BCUT2D eigenvalue weighted by Gasteiger charge is 2.02. The third-order valence-corrected chi connectivity index (χ3v) is 3.28. The Labute approximate surface area is 90.5 Å². The minimum atomic E-state index is 0.685. The van der Waals surface area contributed by atoms with Crippen LogP contribution in [0.15, 0.2) is 16.8 Å². The molecular weight excluding hydrogens is 192 g/mol. The molecule has 1 rings (SSSR count). The Morgan fingerprint density at radius 1 is 1.57 bits per heavy atom. The summed E-state index contributed by atoms with van der Waals surface area (Å²) in [4.78, 5) is 0. The zero-order chi connectivity index (χ0) is 10.2. The van der Waals surface area contributed by atoms with Crippen molar-refractivity contribution in [3.8, 4) is 0 Å². The molecule has 1 aromatic rings. The summed E-state index contributed by atoms with van der Waals surface area (Å²) >= 11 is 1.75. The number of nitrogens with two attached hydrogens (primary N) is 1. The molecule has 3 N–H and O–H groups in total. The summed E-state index contributed by atoms with van der Waals surface area (Å²) in [5.74, 6) is 0.685. The van der Waals surface area contributed by atoms with Crippen LogP contribution in [0.4, 0.5) is 0 Å². The normalized spacial score (nSPS) is 13.0. The summed E-state index contributed by atoms with van der Waals surface area (Å²) in [5.41, 5.74) is 7.02. The first-order valence-corrected chi connectivity index (χ1v) is 6.23. The molecule has 0 spiro atoms. The summed E-state index contributed by atoms with van der Waals surface area (Å²) in [5, 5.41) is 7.74. The van der Waals surface area contributed by atoms with Crippen molar-refractivity contribution in [2.24, 2.45) is 11.7 Å². The summed E-state index contributed by atoms with van der Waals surface area (Å²) in [6.07, 6.45) is 2.38. The van der Waals surface area contributed by atoms with Gasteiger partial charge in [0.25, 0.3) is 0 Å². The second-order valence-corrected chi connectivity index (χ2v) is 4.39. The highest BCUT2D eigenvalue weighted by molar-refractivity contribution is 7.07. The van der Waals surface area contributed by atoms with Crippen molar-refractivity contribution in [2.75, 3.05) is 13.1 Å². The highest BCUT2D eigenvalue weighted by atomic mass is 32.1. The fourth-order valence-electron chi connectivity index (χ4n) is 1.42. The quantitative estimate of drug-likeness (QED) is 0.680. The van der Waals surface area contributed by atoms with Crippen LogP contribution in [0.2, 0.25) is 0 Å². The van der Waals surface area contributed by atoms with E-state index in [2.05, 4.69) is 29.1 Å².